The third-order valence-corrected chi connectivity index (χ3v) is 7.50. The van der Waals surface area contributed by atoms with Crippen LogP contribution in [0.2, 0.25) is 5.02 Å². The van der Waals surface area contributed by atoms with Crippen molar-refractivity contribution >= 4 is 34.4 Å². The molecule has 3 N–H and O–H groups in total. The largest absolute Gasteiger partial charge is 0.353 e. The molecule has 0 aromatic heterocycles. The first-order valence-corrected chi connectivity index (χ1v) is 12.1. The number of fused-ring (bicyclic) bond motifs is 3. The Bertz CT molecular complexity index is 840. The molecular weight excluding hydrogens is 420 g/mol. The van der Waals surface area contributed by atoms with E-state index < -0.39 is 0 Å². The summed E-state index contributed by atoms with van der Waals surface area (Å²) in [7, 11) is 0. The Morgan fingerprint density at radius 1 is 1.20 bits per heavy atom. The molecule has 0 spiro atoms. The van der Waals surface area contributed by atoms with Crippen molar-refractivity contribution in [1.82, 2.24) is 26.1 Å². The van der Waals surface area contributed by atoms with E-state index in [-0.39, 0.29) is 24.2 Å². The summed E-state index contributed by atoms with van der Waals surface area (Å²) in [5.41, 5.74) is 8.06. The number of nitrogens with one attached hydrogen (secondary N) is 3. The van der Waals surface area contributed by atoms with Gasteiger partial charge in [0.05, 0.1) is 17.8 Å². The molecule has 1 amide bonds. The lowest BCUT2D eigenvalue weighted by atomic mass is 9.95. The molecule has 3 heterocycles. The van der Waals surface area contributed by atoms with Crippen molar-refractivity contribution in [2.45, 2.75) is 62.8 Å². The Kier molecular flexibility index (Phi) is 5.80. The van der Waals surface area contributed by atoms with E-state index in [0.29, 0.717) is 11.8 Å². The summed E-state index contributed by atoms with van der Waals surface area (Å²) in [6.45, 7) is 0. The van der Waals surface area contributed by atoms with Crippen LogP contribution in [0, 0.1) is 0 Å². The third kappa shape index (κ3) is 4.13. The molecule has 3 unspecified atom stereocenters. The molecule has 0 bridgehead atoms. The van der Waals surface area contributed by atoms with Crippen LogP contribution >= 0.6 is 23.4 Å². The summed E-state index contributed by atoms with van der Waals surface area (Å²) in [5, 5.41) is 11.5. The number of rotatable bonds is 4. The Morgan fingerprint density at radius 2 is 2.00 bits per heavy atom. The maximum Gasteiger partial charge on any atom is 0.230 e. The summed E-state index contributed by atoms with van der Waals surface area (Å²) in [5.74, 6) is 0.500. The van der Waals surface area contributed by atoms with E-state index >= 15 is 0 Å². The number of hydrogen-bond donors (Lipinski definition) is 3. The first kappa shape index (κ1) is 20.0. The molecule has 4 aliphatic rings. The number of hydrogen-bond acceptors (Lipinski definition) is 7. The number of nitrogens with zero attached hydrogens (tertiary/aromatic N) is 3. The van der Waals surface area contributed by atoms with Crippen molar-refractivity contribution in [2.75, 3.05) is 5.75 Å². The zero-order valence-electron chi connectivity index (χ0n) is 16.8. The number of benzene rings is 1. The Morgan fingerprint density at radius 3 is 2.80 bits per heavy atom. The van der Waals surface area contributed by atoms with Gasteiger partial charge in [0.1, 0.15) is 6.17 Å². The fourth-order valence-electron chi connectivity index (χ4n) is 4.71. The average Bonchev–Trinajstić information content (AvgIpc) is 3.37. The van der Waals surface area contributed by atoms with Gasteiger partial charge in [0.15, 0.2) is 5.17 Å². The minimum atomic E-state index is 0.0590. The maximum atomic E-state index is 12.4. The van der Waals surface area contributed by atoms with Crippen LogP contribution < -0.4 is 16.2 Å². The van der Waals surface area contributed by atoms with Gasteiger partial charge < -0.3 is 15.2 Å². The number of thioether (sulfide) groups is 1. The highest BCUT2D eigenvalue weighted by Gasteiger charge is 2.44. The lowest BCUT2D eigenvalue weighted by molar-refractivity contribution is -0.119. The van der Waals surface area contributed by atoms with E-state index in [9.17, 15) is 4.79 Å². The van der Waals surface area contributed by atoms with Crippen molar-refractivity contribution < 1.29 is 4.79 Å². The number of carbonyl (C=O) groups is 1. The van der Waals surface area contributed by atoms with Crippen LogP contribution in [0.25, 0.3) is 0 Å². The molecule has 1 aromatic carbocycles. The molecule has 30 heavy (non-hydrogen) atoms. The van der Waals surface area contributed by atoms with Gasteiger partial charge in [-0.05, 0) is 37.0 Å². The Labute approximate surface area is 186 Å². The van der Waals surface area contributed by atoms with E-state index in [1.165, 1.54) is 36.6 Å². The van der Waals surface area contributed by atoms with Crippen molar-refractivity contribution in [2.24, 2.45) is 5.10 Å². The van der Waals surface area contributed by atoms with Gasteiger partial charge in [0, 0.05) is 23.5 Å². The normalized spacial score (nSPS) is 28.0. The molecule has 160 valence electrons. The van der Waals surface area contributed by atoms with Gasteiger partial charge in [-0.15, -0.1) is 0 Å². The van der Waals surface area contributed by atoms with Gasteiger partial charge in [-0.3, -0.25) is 10.2 Å². The van der Waals surface area contributed by atoms with E-state index in [1.807, 2.05) is 18.3 Å². The first-order chi connectivity index (χ1) is 14.7. The molecule has 5 rings (SSSR count). The monoisotopic (exact) mass is 446 g/mol. The zero-order valence-corrected chi connectivity index (χ0v) is 18.3. The Hall–Kier alpha value is -1.90. The minimum Gasteiger partial charge on any atom is -0.353 e. The van der Waals surface area contributed by atoms with Crippen LogP contribution in [0.1, 0.15) is 50.1 Å². The molecule has 3 atom stereocenters. The van der Waals surface area contributed by atoms with E-state index in [0.717, 1.165) is 29.5 Å². The number of carbonyl (C=O) groups excluding carboxylic acids is 1. The van der Waals surface area contributed by atoms with Crippen molar-refractivity contribution in [3.05, 3.63) is 47.3 Å². The van der Waals surface area contributed by atoms with Gasteiger partial charge in [-0.2, -0.15) is 5.10 Å². The SMILES string of the molecule is O=C(CSC1=NNC2C3CC(c4ccc(Cl)cc4)NN3C=CN12)NC1CCCCC1. The second-order valence-corrected chi connectivity index (χ2v) is 9.69. The standard InChI is InChI=1S/C21H27ClN6OS/c22-15-8-6-14(7-9-15)17-12-18-20-24-25-21(27(20)10-11-28(18)26-17)30-13-19(29)23-16-4-2-1-3-5-16/h6-11,16-18,20,24,26H,1-5,12-13H2,(H,23,29). The minimum absolute atomic E-state index is 0.0590. The molecule has 1 saturated heterocycles. The Balaban J connectivity index is 1.16. The zero-order chi connectivity index (χ0) is 20.5. The van der Waals surface area contributed by atoms with Crippen LogP contribution in [0.3, 0.4) is 0 Å². The number of hydrazine groups is 1. The van der Waals surface area contributed by atoms with E-state index in [1.54, 1.807) is 0 Å². The van der Waals surface area contributed by atoms with Crippen LogP contribution in [-0.4, -0.2) is 45.0 Å². The molecule has 3 aliphatic heterocycles. The molecule has 7 nitrogen and oxygen atoms in total. The van der Waals surface area contributed by atoms with Gasteiger partial charge in [0.25, 0.3) is 0 Å². The topological polar surface area (TPSA) is 72.0 Å². The lowest BCUT2D eigenvalue weighted by Crippen LogP contribution is -2.54. The molecule has 0 radical (unpaired) electrons. The molecule has 9 heteroatoms. The third-order valence-electron chi connectivity index (χ3n) is 6.28. The molecule has 2 fully saturated rings. The van der Waals surface area contributed by atoms with Crippen LogP contribution in [-0.2, 0) is 4.79 Å². The number of halogens is 1. The average molecular weight is 447 g/mol. The summed E-state index contributed by atoms with van der Waals surface area (Å²) < 4.78 is 0. The van der Waals surface area contributed by atoms with Crippen molar-refractivity contribution in [3.8, 4) is 0 Å². The van der Waals surface area contributed by atoms with E-state index in [4.69, 9.17) is 11.6 Å². The number of amidine groups is 1. The van der Waals surface area contributed by atoms with Gasteiger partial charge in [0.2, 0.25) is 5.91 Å². The number of amides is 1. The van der Waals surface area contributed by atoms with Crippen molar-refractivity contribution in [3.63, 3.8) is 0 Å². The first-order valence-electron chi connectivity index (χ1n) is 10.7. The molecule has 1 saturated carbocycles. The molecular formula is C21H27ClN6OS. The maximum absolute atomic E-state index is 12.4. The summed E-state index contributed by atoms with van der Waals surface area (Å²) in [6, 6.07) is 8.84. The van der Waals surface area contributed by atoms with Crippen molar-refractivity contribution in [1.29, 1.82) is 0 Å². The van der Waals surface area contributed by atoms with Crippen LogP contribution in [0.15, 0.2) is 41.8 Å². The van der Waals surface area contributed by atoms with Gasteiger partial charge in [-0.1, -0.05) is 54.8 Å². The predicted octanol–water partition coefficient (Wildman–Crippen LogP) is 3.13. The van der Waals surface area contributed by atoms with Crippen LogP contribution in [0.5, 0.6) is 0 Å². The second-order valence-electron chi connectivity index (χ2n) is 8.31. The highest BCUT2D eigenvalue weighted by Crippen LogP contribution is 2.35. The van der Waals surface area contributed by atoms with Crippen LogP contribution in [0.4, 0.5) is 0 Å². The lowest BCUT2D eigenvalue weighted by Gasteiger charge is -2.36. The highest BCUT2D eigenvalue weighted by atomic mass is 35.5. The smallest absolute Gasteiger partial charge is 0.230 e. The fourth-order valence-corrected chi connectivity index (χ4v) is 5.62. The summed E-state index contributed by atoms with van der Waals surface area (Å²) in [6.07, 6.45) is 11.0. The highest BCUT2D eigenvalue weighted by molar-refractivity contribution is 8.14. The van der Waals surface area contributed by atoms with E-state index in [2.05, 4.69) is 49.5 Å². The quantitative estimate of drug-likeness (QED) is 0.660. The van der Waals surface area contributed by atoms with Gasteiger partial charge in [-0.25, -0.2) is 5.43 Å². The second kappa shape index (κ2) is 8.69. The number of hydrazone groups is 1. The fraction of sp³-hybridized carbons (Fsp3) is 0.524. The summed E-state index contributed by atoms with van der Waals surface area (Å²) >= 11 is 7.53. The predicted molar refractivity (Wildman–Crippen MR) is 120 cm³/mol. The molecule has 1 aromatic rings. The summed E-state index contributed by atoms with van der Waals surface area (Å²) in [4.78, 5) is 14.5. The van der Waals surface area contributed by atoms with Gasteiger partial charge >= 0.3 is 0 Å². The molecule has 1 aliphatic carbocycles.